The molecule has 0 bridgehead atoms. The average Bonchev–Trinajstić information content (AvgIpc) is 2.76. The Morgan fingerprint density at radius 3 is 2.94 bits per heavy atom. The van der Waals surface area contributed by atoms with E-state index in [2.05, 4.69) is 27.8 Å². The lowest BCUT2D eigenvalue weighted by Crippen LogP contribution is -2.37. The first-order valence-electron chi connectivity index (χ1n) is 5.83. The van der Waals surface area contributed by atoms with Gasteiger partial charge in [0.2, 0.25) is 5.91 Å². The van der Waals surface area contributed by atoms with E-state index >= 15 is 0 Å². The van der Waals surface area contributed by atoms with Crippen LogP contribution in [0.1, 0.15) is 17.2 Å². The number of para-hydroxylation sites is 1. The number of rotatable bonds is 1. The Balaban J connectivity index is 0.00000120. The van der Waals surface area contributed by atoms with E-state index in [0.29, 0.717) is 6.54 Å². The molecule has 0 aliphatic carbocycles. The highest BCUT2D eigenvalue weighted by atomic mass is 35.5. The zero-order valence-corrected chi connectivity index (χ0v) is 10.9. The van der Waals surface area contributed by atoms with Crippen LogP contribution < -0.4 is 10.6 Å². The summed E-state index contributed by atoms with van der Waals surface area (Å²) in [7, 11) is 1.69. The van der Waals surface area contributed by atoms with Gasteiger partial charge >= 0.3 is 0 Å². The molecule has 2 heterocycles. The van der Waals surface area contributed by atoms with Crippen molar-refractivity contribution in [2.24, 2.45) is 0 Å². The van der Waals surface area contributed by atoms with Crippen molar-refractivity contribution in [3.05, 3.63) is 35.5 Å². The maximum atomic E-state index is 11.9. The third kappa shape index (κ3) is 1.87. The van der Waals surface area contributed by atoms with Crippen LogP contribution in [0.2, 0.25) is 0 Å². The standard InChI is InChI=1S/C13H15N3O.ClH/c1-14-13(17)9-6-15-7-11-12(9)8-4-2-3-5-10(8)16-11;/h2-5,9,15-16H,6-7H2,1H3,(H,14,17);1H/t9-;/m1./s1. The number of H-pyrrole nitrogens is 1. The molecule has 18 heavy (non-hydrogen) atoms. The Morgan fingerprint density at radius 1 is 1.39 bits per heavy atom. The van der Waals surface area contributed by atoms with Crippen LogP contribution in [0.5, 0.6) is 0 Å². The number of nitrogens with one attached hydrogen (secondary N) is 3. The molecule has 2 aromatic rings. The summed E-state index contributed by atoms with van der Waals surface area (Å²) >= 11 is 0. The van der Waals surface area contributed by atoms with Gasteiger partial charge in [0.05, 0.1) is 5.92 Å². The van der Waals surface area contributed by atoms with Gasteiger partial charge in [0.15, 0.2) is 0 Å². The Hall–Kier alpha value is -1.52. The van der Waals surface area contributed by atoms with Crippen molar-refractivity contribution in [1.82, 2.24) is 15.6 Å². The highest BCUT2D eigenvalue weighted by Gasteiger charge is 2.28. The van der Waals surface area contributed by atoms with Crippen molar-refractivity contribution in [2.45, 2.75) is 12.5 Å². The van der Waals surface area contributed by atoms with Crippen LogP contribution in [0.25, 0.3) is 10.9 Å². The molecule has 0 saturated carbocycles. The number of hydrogen-bond acceptors (Lipinski definition) is 2. The largest absolute Gasteiger partial charge is 0.359 e. The van der Waals surface area contributed by atoms with E-state index in [4.69, 9.17) is 0 Å². The first-order valence-corrected chi connectivity index (χ1v) is 5.83. The maximum Gasteiger partial charge on any atom is 0.228 e. The number of likely N-dealkylation sites (N-methyl/N-ethyl adjacent to an activating group) is 1. The predicted octanol–water partition coefficient (Wildman–Crippen LogP) is 1.52. The van der Waals surface area contributed by atoms with Gasteiger partial charge < -0.3 is 15.6 Å². The van der Waals surface area contributed by atoms with E-state index in [1.165, 1.54) is 0 Å². The van der Waals surface area contributed by atoms with Crippen molar-refractivity contribution >= 4 is 29.2 Å². The molecule has 1 atom stereocenters. The monoisotopic (exact) mass is 265 g/mol. The van der Waals surface area contributed by atoms with Gasteiger partial charge in [-0.3, -0.25) is 4.79 Å². The number of hydrogen-bond donors (Lipinski definition) is 3. The molecule has 0 radical (unpaired) electrons. The minimum Gasteiger partial charge on any atom is -0.359 e. The molecular weight excluding hydrogens is 250 g/mol. The summed E-state index contributed by atoms with van der Waals surface area (Å²) in [5.74, 6) is -0.0249. The Labute approximate surface area is 112 Å². The molecule has 1 aliphatic rings. The molecule has 1 aromatic heterocycles. The number of benzene rings is 1. The highest BCUT2D eigenvalue weighted by Crippen LogP contribution is 2.31. The minimum absolute atomic E-state index is 0. The van der Waals surface area contributed by atoms with Crippen LogP contribution in [-0.2, 0) is 11.3 Å². The number of halogens is 1. The topological polar surface area (TPSA) is 56.9 Å². The van der Waals surface area contributed by atoms with Crippen molar-refractivity contribution < 1.29 is 4.79 Å². The Kier molecular flexibility index (Phi) is 3.59. The summed E-state index contributed by atoms with van der Waals surface area (Å²) in [5, 5.41) is 7.18. The minimum atomic E-state index is -0.0973. The molecule has 1 aliphatic heterocycles. The molecular formula is C13H16ClN3O. The van der Waals surface area contributed by atoms with Crippen molar-refractivity contribution in [3.63, 3.8) is 0 Å². The molecule has 0 saturated heterocycles. The predicted molar refractivity (Wildman–Crippen MR) is 74.1 cm³/mol. The molecule has 1 aromatic carbocycles. The van der Waals surface area contributed by atoms with Gasteiger partial charge in [-0.2, -0.15) is 0 Å². The van der Waals surface area contributed by atoms with Gasteiger partial charge in [-0.25, -0.2) is 0 Å². The summed E-state index contributed by atoms with van der Waals surface area (Å²) in [6, 6.07) is 8.15. The van der Waals surface area contributed by atoms with Gasteiger partial charge in [0.1, 0.15) is 0 Å². The zero-order chi connectivity index (χ0) is 11.8. The van der Waals surface area contributed by atoms with E-state index in [-0.39, 0.29) is 24.2 Å². The summed E-state index contributed by atoms with van der Waals surface area (Å²) in [6.07, 6.45) is 0. The van der Waals surface area contributed by atoms with Crippen molar-refractivity contribution in [3.8, 4) is 0 Å². The van der Waals surface area contributed by atoms with Crippen LogP contribution in [-0.4, -0.2) is 24.5 Å². The van der Waals surface area contributed by atoms with Crippen LogP contribution in [0.4, 0.5) is 0 Å². The Morgan fingerprint density at radius 2 is 2.17 bits per heavy atom. The smallest absolute Gasteiger partial charge is 0.228 e. The fraction of sp³-hybridized carbons (Fsp3) is 0.308. The second kappa shape index (κ2) is 5.00. The zero-order valence-electron chi connectivity index (χ0n) is 10.1. The highest BCUT2D eigenvalue weighted by molar-refractivity contribution is 5.93. The van der Waals surface area contributed by atoms with Crippen LogP contribution >= 0.6 is 12.4 Å². The molecule has 4 nitrogen and oxygen atoms in total. The lowest BCUT2D eigenvalue weighted by Gasteiger charge is -2.22. The van der Waals surface area contributed by atoms with Crippen LogP contribution in [0.3, 0.4) is 0 Å². The van der Waals surface area contributed by atoms with Gasteiger partial charge in [0, 0.05) is 36.7 Å². The number of aromatic amines is 1. The molecule has 0 spiro atoms. The van der Waals surface area contributed by atoms with E-state index in [0.717, 1.165) is 28.7 Å². The molecule has 5 heteroatoms. The van der Waals surface area contributed by atoms with Gasteiger partial charge in [0.25, 0.3) is 0 Å². The number of amides is 1. The summed E-state index contributed by atoms with van der Waals surface area (Å²) < 4.78 is 0. The number of carbonyl (C=O) groups is 1. The van der Waals surface area contributed by atoms with Crippen LogP contribution in [0, 0.1) is 0 Å². The third-order valence-corrected chi connectivity index (χ3v) is 3.39. The maximum absolute atomic E-state index is 11.9. The normalized spacial score (nSPS) is 17.9. The molecule has 1 amide bonds. The second-order valence-corrected chi connectivity index (χ2v) is 4.36. The second-order valence-electron chi connectivity index (χ2n) is 4.36. The van der Waals surface area contributed by atoms with Gasteiger partial charge in [-0.15, -0.1) is 12.4 Å². The van der Waals surface area contributed by atoms with E-state index in [9.17, 15) is 4.79 Å². The fourth-order valence-corrected chi connectivity index (χ4v) is 2.60. The quantitative estimate of drug-likeness (QED) is 0.732. The summed E-state index contributed by atoms with van der Waals surface area (Å²) in [6.45, 7) is 1.51. The summed E-state index contributed by atoms with van der Waals surface area (Å²) in [4.78, 5) is 15.3. The average molecular weight is 266 g/mol. The van der Waals surface area contributed by atoms with Gasteiger partial charge in [-0.05, 0) is 11.6 Å². The van der Waals surface area contributed by atoms with E-state index in [1.54, 1.807) is 7.05 Å². The number of aromatic nitrogens is 1. The van der Waals surface area contributed by atoms with Crippen LogP contribution in [0.15, 0.2) is 24.3 Å². The van der Waals surface area contributed by atoms with Crippen molar-refractivity contribution in [1.29, 1.82) is 0 Å². The number of fused-ring (bicyclic) bond motifs is 3. The summed E-state index contributed by atoms with van der Waals surface area (Å²) in [5.41, 5.74) is 3.39. The van der Waals surface area contributed by atoms with Gasteiger partial charge in [-0.1, -0.05) is 18.2 Å². The molecule has 3 rings (SSSR count). The van der Waals surface area contributed by atoms with Crippen molar-refractivity contribution in [2.75, 3.05) is 13.6 Å². The van der Waals surface area contributed by atoms with E-state index in [1.807, 2.05) is 12.1 Å². The molecule has 96 valence electrons. The first-order chi connectivity index (χ1) is 8.31. The first kappa shape index (κ1) is 12.9. The lowest BCUT2D eigenvalue weighted by molar-refractivity contribution is -0.122. The third-order valence-electron chi connectivity index (χ3n) is 3.39. The fourth-order valence-electron chi connectivity index (χ4n) is 2.60. The molecule has 0 unspecified atom stereocenters. The lowest BCUT2D eigenvalue weighted by atomic mass is 9.92. The Bertz CT molecular complexity index is 579. The SMILES string of the molecule is CNC(=O)[C@@H]1CNCc2[nH]c3ccccc3c21.Cl. The molecule has 0 fully saturated rings. The molecule has 3 N–H and O–H groups in total. The van der Waals surface area contributed by atoms with E-state index < -0.39 is 0 Å². The number of carbonyl (C=O) groups excluding carboxylic acids is 1.